The fraction of sp³-hybridized carbons (Fsp3) is 0.222. The van der Waals surface area contributed by atoms with Gasteiger partial charge in [0.1, 0.15) is 0 Å². The zero-order valence-electron chi connectivity index (χ0n) is 14.6. The van der Waals surface area contributed by atoms with Gasteiger partial charge in [0.05, 0.1) is 17.6 Å². The van der Waals surface area contributed by atoms with Crippen LogP contribution in [0.25, 0.3) is 0 Å². The summed E-state index contributed by atoms with van der Waals surface area (Å²) >= 11 is 3.24. The molecule has 2 aromatic rings. The van der Waals surface area contributed by atoms with Crippen molar-refractivity contribution in [2.75, 3.05) is 13.7 Å². The van der Waals surface area contributed by atoms with Crippen LogP contribution in [0.5, 0.6) is 0 Å². The number of ether oxygens (including phenoxy) is 1. The molecule has 27 heavy (non-hydrogen) atoms. The van der Waals surface area contributed by atoms with Crippen molar-refractivity contribution in [3.05, 3.63) is 64.1 Å². The molecular weight excluding hydrogens is 436 g/mol. The van der Waals surface area contributed by atoms with Gasteiger partial charge in [-0.1, -0.05) is 28.1 Å². The van der Waals surface area contributed by atoms with E-state index in [2.05, 4.69) is 30.7 Å². The number of methoxy groups -OCH3 is 1. The van der Waals surface area contributed by atoms with E-state index in [1.807, 2.05) is 0 Å². The molecule has 144 valence electrons. The summed E-state index contributed by atoms with van der Waals surface area (Å²) in [6.07, 6.45) is 0.00992. The monoisotopic (exact) mass is 454 g/mol. The number of amides is 1. The van der Waals surface area contributed by atoms with Crippen molar-refractivity contribution < 1.29 is 22.7 Å². The number of sulfonamides is 1. The molecule has 2 N–H and O–H groups in total. The lowest BCUT2D eigenvalue weighted by atomic mass is 10.1. The maximum Gasteiger partial charge on any atom is 0.337 e. The van der Waals surface area contributed by atoms with Crippen LogP contribution in [-0.4, -0.2) is 33.9 Å². The Morgan fingerprint density at radius 1 is 1.04 bits per heavy atom. The van der Waals surface area contributed by atoms with Crippen molar-refractivity contribution in [3.63, 3.8) is 0 Å². The summed E-state index contributed by atoms with van der Waals surface area (Å²) in [5.41, 5.74) is 1.24. The summed E-state index contributed by atoms with van der Waals surface area (Å²) in [5.74, 6) is -0.714. The van der Waals surface area contributed by atoms with Gasteiger partial charge in [-0.25, -0.2) is 17.9 Å². The largest absolute Gasteiger partial charge is 0.465 e. The van der Waals surface area contributed by atoms with E-state index in [0.717, 1.165) is 10.0 Å². The minimum absolute atomic E-state index is 0.00842. The van der Waals surface area contributed by atoms with Crippen LogP contribution in [0.2, 0.25) is 0 Å². The van der Waals surface area contributed by atoms with Gasteiger partial charge >= 0.3 is 5.97 Å². The summed E-state index contributed by atoms with van der Waals surface area (Å²) in [5, 5.41) is 2.70. The van der Waals surface area contributed by atoms with Crippen LogP contribution in [0.15, 0.2) is 57.9 Å². The maximum absolute atomic E-state index is 12.1. The molecule has 0 fully saturated rings. The summed E-state index contributed by atoms with van der Waals surface area (Å²) < 4.78 is 32.0. The molecule has 0 bridgehead atoms. The molecule has 2 aromatic carbocycles. The van der Waals surface area contributed by atoms with Crippen LogP contribution >= 0.6 is 15.9 Å². The van der Waals surface area contributed by atoms with E-state index in [0.29, 0.717) is 5.56 Å². The van der Waals surface area contributed by atoms with Crippen LogP contribution < -0.4 is 10.0 Å². The van der Waals surface area contributed by atoms with Gasteiger partial charge in [-0.15, -0.1) is 0 Å². The lowest BCUT2D eigenvalue weighted by Crippen LogP contribution is -2.30. The summed E-state index contributed by atoms with van der Waals surface area (Å²) in [6.45, 7) is 0.269. The Morgan fingerprint density at radius 2 is 1.67 bits per heavy atom. The number of hydrogen-bond donors (Lipinski definition) is 2. The first-order valence-electron chi connectivity index (χ1n) is 8.01. The Morgan fingerprint density at radius 3 is 2.26 bits per heavy atom. The number of halogens is 1. The SMILES string of the molecule is COC(=O)c1ccc(CNC(=O)CCNS(=O)(=O)c2ccc(Br)cc2)cc1. The van der Waals surface area contributed by atoms with E-state index in [1.165, 1.54) is 19.2 Å². The van der Waals surface area contributed by atoms with Crippen LogP contribution in [0.4, 0.5) is 0 Å². The first kappa shape index (κ1) is 21.1. The van der Waals surface area contributed by atoms with Crippen LogP contribution in [-0.2, 0) is 26.1 Å². The highest BCUT2D eigenvalue weighted by molar-refractivity contribution is 9.10. The molecule has 0 unspecified atom stereocenters. The van der Waals surface area contributed by atoms with Gasteiger partial charge in [-0.3, -0.25) is 4.79 Å². The quantitative estimate of drug-likeness (QED) is 0.595. The van der Waals surface area contributed by atoms with E-state index in [1.54, 1.807) is 36.4 Å². The number of esters is 1. The summed E-state index contributed by atoms with van der Waals surface area (Å²) in [4.78, 5) is 23.4. The Labute approximate surface area is 166 Å². The van der Waals surface area contributed by atoms with E-state index in [4.69, 9.17) is 0 Å². The van der Waals surface area contributed by atoms with Crippen molar-refractivity contribution in [3.8, 4) is 0 Å². The third-order valence-electron chi connectivity index (χ3n) is 3.63. The van der Waals surface area contributed by atoms with Gasteiger partial charge in [0.15, 0.2) is 0 Å². The van der Waals surface area contributed by atoms with Gasteiger partial charge in [0.2, 0.25) is 15.9 Å². The molecule has 0 spiro atoms. The predicted octanol–water partition coefficient (Wildman–Crippen LogP) is 2.22. The summed E-state index contributed by atoms with van der Waals surface area (Å²) in [6, 6.07) is 12.9. The molecule has 7 nitrogen and oxygen atoms in total. The van der Waals surface area contributed by atoms with Crippen LogP contribution in [0, 0.1) is 0 Å². The summed E-state index contributed by atoms with van der Waals surface area (Å²) in [7, 11) is -2.34. The second kappa shape index (κ2) is 9.63. The third kappa shape index (κ3) is 6.46. The molecule has 0 saturated carbocycles. The molecule has 0 atom stereocenters. The van der Waals surface area contributed by atoms with Gasteiger partial charge in [-0.05, 0) is 42.0 Å². The van der Waals surface area contributed by atoms with E-state index in [9.17, 15) is 18.0 Å². The first-order valence-corrected chi connectivity index (χ1v) is 10.3. The molecule has 2 rings (SSSR count). The Bertz CT molecular complexity index is 896. The standard InChI is InChI=1S/C18H19BrN2O5S/c1-26-18(23)14-4-2-13(3-5-14)12-20-17(22)10-11-21-27(24,25)16-8-6-15(19)7-9-16/h2-9,21H,10-12H2,1H3,(H,20,22). The topological polar surface area (TPSA) is 102 Å². The van der Waals surface area contributed by atoms with Crippen LogP contribution in [0.3, 0.4) is 0 Å². The molecule has 9 heteroatoms. The molecular formula is C18H19BrN2O5S. The molecule has 0 aromatic heterocycles. The minimum Gasteiger partial charge on any atom is -0.465 e. The van der Waals surface area contributed by atoms with Crippen LogP contribution in [0.1, 0.15) is 22.3 Å². The lowest BCUT2D eigenvalue weighted by molar-refractivity contribution is -0.121. The van der Waals surface area contributed by atoms with Crippen molar-refractivity contribution in [1.29, 1.82) is 0 Å². The third-order valence-corrected chi connectivity index (χ3v) is 5.64. The fourth-order valence-corrected chi connectivity index (χ4v) is 3.46. The predicted molar refractivity (Wildman–Crippen MR) is 104 cm³/mol. The highest BCUT2D eigenvalue weighted by Gasteiger charge is 2.14. The Balaban J connectivity index is 1.77. The fourth-order valence-electron chi connectivity index (χ4n) is 2.16. The van der Waals surface area contributed by atoms with Gasteiger partial charge < -0.3 is 10.1 Å². The zero-order valence-corrected chi connectivity index (χ0v) is 17.0. The molecule has 0 saturated heterocycles. The normalized spacial score (nSPS) is 11.0. The first-order chi connectivity index (χ1) is 12.8. The molecule has 0 heterocycles. The molecule has 0 radical (unpaired) electrons. The molecule has 1 amide bonds. The van der Waals surface area contributed by atoms with Crippen molar-refractivity contribution >= 4 is 37.8 Å². The Kier molecular flexibility index (Phi) is 7.52. The van der Waals surface area contributed by atoms with Gasteiger partial charge in [-0.2, -0.15) is 0 Å². The number of nitrogens with one attached hydrogen (secondary N) is 2. The van der Waals surface area contributed by atoms with E-state index < -0.39 is 16.0 Å². The van der Waals surface area contributed by atoms with Gasteiger partial charge in [0.25, 0.3) is 0 Å². The average molecular weight is 455 g/mol. The smallest absolute Gasteiger partial charge is 0.337 e. The average Bonchev–Trinajstić information content (AvgIpc) is 2.66. The van der Waals surface area contributed by atoms with Crippen molar-refractivity contribution in [1.82, 2.24) is 10.0 Å². The second-order valence-corrected chi connectivity index (χ2v) is 8.25. The number of hydrogen-bond acceptors (Lipinski definition) is 5. The van der Waals surface area contributed by atoms with Gasteiger partial charge in [0, 0.05) is 24.0 Å². The lowest BCUT2D eigenvalue weighted by Gasteiger charge is -2.08. The van der Waals surface area contributed by atoms with E-state index >= 15 is 0 Å². The highest BCUT2D eigenvalue weighted by atomic mass is 79.9. The number of benzene rings is 2. The molecule has 0 aliphatic rings. The second-order valence-electron chi connectivity index (χ2n) is 5.57. The highest BCUT2D eigenvalue weighted by Crippen LogP contribution is 2.14. The maximum atomic E-state index is 12.1. The minimum atomic E-state index is -3.65. The molecule has 0 aliphatic heterocycles. The number of carbonyl (C=O) groups excluding carboxylic acids is 2. The van der Waals surface area contributed by atoms with Crippen molar-refractivity contribution in [2.45, 2.75) is 17.9 Å². The zero-order chi connectivity index (χ0) is 19.9. The number of carbonyl (C=O) groups is 2. The van der Waals surface area contributed by atoms with E-state index in [-0.39, 0.29) is 30.3 Å². The molecule has 0 aliphatic carbocycles. The van der Waals surface area contributed by atoms with Crippen molar-refractivity contribution in [2.24, 2.45) is 0 Å². The number of rotatable bonds is 8. The Hall–Kier alpha value is -2.23.